The van der Waals surface area contributed by atoms with Crippen molar-refractivity contribution in [3.8, 4) is 6.07 Å². The molecule has 1 aliphatic rings. The molecule has 0 aromatic carbocycles. The van der Waals surface area contributed by atoms with Gasteiger partial charge in [-0.05, 0) is 44.7 Å². The molecule has 0 aliphatic carbocycles. The number of aromatic nitrogens is 2. The van der Waals surface area contributed by atoms with Crippen LogP contribution in [-0.4, -0.2) is 21.6 Å². The first-order valence-electron chi connectivity index (χ1n) is 8.19. The Labute approximate surface area is 142 Å². The molecule has 0 amide bonds. The summed E-state index contributed by atoms with van der Waals surface area (Å²) in [5, 5.41) is 9.33. The molecule has 2 atom stereocenters. The molecule has 24 heavy (non-hydrogen) atoms. The summed E-state index contributed by atoms with van der Waals surface area (Å²) in [6, 6.07) is 5.73. The zero-order valence-corrected chi connectivity index (χ0v) is 13.8. The summed E-state index contributed by atoms with van der Waals surface area (Å²) in [5.41, 5.74) is 6.26. The first-order chi connectivity index (χ1) is 11.5. The van der Waals surface area contributed by atoms with Crippen LogP contribution in [-0.2, 0) is 6.54 Å². The smallest absolute Gasteiger partial charge is 0.266 e. The molecule has 2 aromatic heterocycles. The molecule has 7 nitrogen and oxygen atoms in total. The van der Waals surface area contributed by atoms with Crippen LogP contribution in [0.3, 0.4) is 0 Å². The van der Waals surface area contributed by atoms with Gasteiger partial charge in [-0.3, -0.25) is 20.4 Å². The number of pyridine rings is 2. The van der Waals surface area contributed by atoms with E-state index in [1.165, 1.54) is 6.07 Å². The van der Waals surface area contributed by atoms with Crippen molar-refractivity contribution < 1.29 is 2.85 Å². The number of hydrazine groups is 1. The minimum atomic E-state index is -0.466. The van der Waals surface area contributed by atoms with Crippen molar-refractivity contribution in [2.45, 2.75) is 45.3 Å². The van der Waals surface area contributed by atoms with E-state index in [1.807, 2.05) is 6.07 Å². The number of nitrogens with one attached hydrogen (secondary N) is 3. The zero-order chi connectivity index (χ0) is 17.3. The second kappa shape index (κ2) is 6.59. The topological polar surface area (TPSA) is 103 Å². The number of aromatic amines is 1. The van der Waals surface area contributed by atoms with Crippen LogP contribution in [0.1, 0.15) is 35.1 Å². The predicted molar refractivity (Wildman–Crippen MR) is 95.7 cm³/mol. The quantitative estimate of drug-likeness (QED) is 0.784. The van der Waals surface area contributed by atoms with E-state index in [9.17, 15) is 9.59 Å². The van der Waals surface area contributed by atoms with Crippen LogP contribution in [0, 0.1) is 17.2 Å². The van der Waals surface area contributed by atoms with Gasteiger partial charge in [-0.1, -0.05) is 0 Å². The molecule has 3 N–H and O–H groups in total. The van der Waals surface area contributed by atoms with Gasteiger partial charge in [0.1, 0.15) is 11.6 Å². The van der Waals surface area contributed by atoms with Gasteiger partial charge in [0.15, 0.2) is 0 Å². The van der Waals surface area contributed by atoms with Gasteiger partial charge < -0.3 is 9.55 Å². The van der Waals surface area contributed by atoms with Gasteiger partial charge in [0.25, 0.3) is 11.1 Å². The normalized spacial score (nSPS) is 23.5. The fraction of sp³-hybridized carbons (Fsp3) is 0.471. The summed E-state index contributed by atoms with van der Waals surface area (Å²) in [5.74, 6) is 0.530. The number of fused-ring (bicyclic) bond motifs is 1. The van der Waals surface area contributed by atoms with Crippen molar-refractivity contribution in [1.29, 1.82) is 5.26 Å². The number of nitrogens with zero attached hydrogens (tertiary/aromatic N) is 2. The monoisotopic (exact) mass is 331 g/mol. The maximum Gasteiger partial charge on any atom is 0.266 e. The first-order valence-corrected chi connectivity index (χ1v) is 8.19. The van der Waals surface area contributed by atoms with Crippen LogP contribution < -0.4 is 22.0 Å². The third-order valence-corrected chi connectivity index (χ3v) is 4.86. The third kappa shape index (κ3) is 2.98. The van der Waals surface area contributed by atoms with E-state index in [1.54, 1.807) is 16.8 Å². The Morgan fingerprint density at radius 3 is 2.67 bits per heavy atom. The molecular weight excluding hydrogens is 306 g/mol. The number of nitriles is 1. The molecule has 1 saturated heterocycles. The number of hydrogen-bond donors (Lipinski definition) is 3. The van der Waals surface area contributed by atoms with Crippen molar-refractivity contribution in [1.82, 2.24) is 20.4 Å². The van der Waals surface area contributed by atoms with Gasteiger partial charge >= 0.3 is 0 Å². The lowest BCUT2D eigenvalue weighted by Crippen LogP contribution is -2.30. The highest BCUT2D eigenvalue weighted by atomic mass is 16.1. The number of H-pyrrole nitrogens is 1. The SMILES string of the molecule is CC1NNC(C)C1CCCn1ccc2[nH]c(=O)c(C#N)cc2c1=O.[HH].[HH]. The molecule has 2 aromatic rings. The molecule has 3 heterocycles. The average Bonchev–Trinajstić information content (AvgIpc) is 2.88. The maximum atomic E-state index is 12.6. The van der Waals surface area contributed by atoms with E-state index in [2.05, 4.69) is 29.7 Å². The third-order valence-electron chi connectivity index (χ3n) is 4.86. The Hall–Kier alpha value is -2.43. The lowest BCUT2D eigenvalue weighted by Gasteiger charge is -2.17. The van der Waals surface area contributed by atoms with Crippen LogP contribution in [0.15, 0.2) is 27.9 Å². The molecule has 0 saturated carbocycles. The lowest BCUT2D eigenvalue weighted by atomic mass is 9.92. The first kappa shape index (κ1) is 16.4. The van der Waals surface area contributed by atoms with Crippen LogP contribution in [0.2, 0.25) is 0 Å². The van der Waals surface area contributed by atoms with Crippen molar-refractivity contribution in [3.05, 3.63) is 44.6 Å². The van der Waals surface area contributed by atoms with Gasteiger partial charge in [0.2, 0.25) is 0 Å². The second-order valence-electron chi connectivity index (χ2n) is 6.44. The lowest BCUT2D eigenvalue weighted by molar-refractivity contribution is 0.388. The van der Waals surface area contributed by atoms with Gasteiger partial charge in [0, 0.05) is 27.7 Å². The summed E-state index contributed by atoms with van der Waals surface area (Å²) < 4.78 is 1.65. The minimum absolute atomic E-state index is 0. The van der Waals surface area contributed by atoms with E-state index in [0.717, 1.165) is 12.8 Å². The van der Waals surface area contributed by atoms with Crippen molar-refractivity contribution in [2.75, 3.05) is 0 Å². The fourth-order valence-corrected chi connectivity index (χ4v) is 3.41. The number of hydrogen-bond acceptors (Lipinski definition) is 5. The van der Waals surface area contributed by atoms with Gasteiger partial charge in [-0.15, -0.1) is 0 Å². The summed E-state index contributed by atoms with van der Waals surface area (Å²) in [7, 11) is 0. The molecule has 0 spiro atoms. The Kier molecular flexibility index (Phi) is 4.51. The Bertz CT molecular complexity index is 908. The molecular formula is C17H25N5O2. The highest BCUT2D eigenvalue weighted by Crippen LogP contribution is 2.20. The van der Waals surface area contributed by atoms with Gasteiger partial charge in [-0.2, -0.15) is 5.26 Å². The minimum Gasteiger partial charge on any atom is -0.321 e. The molecule has 130 valence electrons. The maximum absolute atomic E-state index is 12.6. The van der Waals surface area contributed by atoms with Crippen LogP contribution in [0.25, 0.3) is 10.9 Å². The molecule has 0 bridgehead atoms. The second-order valence-corrected chi connectivity index (χ2v) is 6.44. The van der Waals surface area contributed by atoms with Crippen LogP contribution >= 0.6 is 0 Å². The molecule has 2 unspecified atom stereocenters. The largest absolute Gasteiger partial charge is 0.321 e. The Morgan fingerprint density at radius 2 is 2.00 bits per heavy atom. The van der Waals surface area contributed by atoms with E-state index >= 15 is 0 Å². The Morgan fingerprint density at radius 1 is 1.29 bits per heavy atom. The van der Waals surface area contributed by atoms with E-state index < -0.39 is 5.56 Å². The molecule has 3 rings (SSSR count). The van der Waals surface area contributed by atoms with E-state index in [0.29, 0.717) is 35.4 Å². The van der Waals surface area contributed by atoms with Crippen molar-refractivity contribution in [3.63, 3.8) is 0 Å². The Balaban J connectivity index is 0.00000169. The number of aryl methyl sites for hydroxylation is 1. The summed E-state index contributed by atoms with van der Waals surface area (Å²) in [6.07, 6.45) is 3.61. The van der Waals surface area contributed by atoms with Crippen LogP contribution in [0.5, 0.6) is 0 Å². The van der Waals surface area contributed by atoms with E-state index in [-0.39, 0.29) is 14.0 Å². The van der Waals surface area contributed by atoms with Gasteiger partial charge in [-0.25, -0.2) is 0 Å². The molecule has 1 aliphatic heterocycles. The van der Waals surface area contributed by atoms with Crippen molar-refractivity contribution in [2.24, 2.45) is 5.92 Å². The molecule has 1 fully saturated rings. The number of rotatable bonds is 4. The zero-order valence-electron chi connectivity index (χ0n) is 13.8. The molecule has 0 radical (unpaired) electrons. The predicted octanol–water partition coefficient (Wildman–Crippen LogP) is 1.33. The summed E-state index contributed by atoms with van der Waals surface area (Å²) in [4.78, 5) is 26.8. The standard InChI is InChI=1S/C17H21N5O2.2H2/c1-10-13(11(2)21-20-10)4-3-6-22-7-5-15-14(17(22)24)8-12(9-18)16(23)19-15;;/h5,7-8,10-11,13,20-21H,3-4,6H2,1-2H3,(H,19,23);2*1H. The molecule has 7 heteroatoms. The van der Waals surface area contributed by atoms with Crippen LogP contribution in [0.4, 0.5) is 0 Å². The van der Waals surface area contributed by atoms with E-state index in [4.69, 9.17) is 5.26 Å². The highest BCUT2D eigenvalue weighted by Gasteiger charge is 2.28. The van der Waals surface area contributed by atoms with Gasteiger partial charge in [0.05, 0.1) is 10.9 Å². The average molecular weight is 331 g/mol. The summed E-state index contributed by atoms with van der Waals surface area (Å²) in [6.45, 7) is 4.93. The van der Waals surface area contributed by atoms with Crippen molar-refractivity contribution >= 4 is 10.9 Å². The highest BCUT2D eigenvalue weighted by molar-refractivity contribution is 5.78. The summed E-state index contributed by atoms with van der Waals surface area (Å²) >= 11 is 0. The fourth-order valence-electron chi connectivity index (χ4n) is 3.41.